The van der Waals surface area contributed by atoms with E-state index in [9.17, 15) is 9.59 Å². The Morgan fingerprint density at radius 2 is 1.79 bits per heavy atom. The number of amides is 2. The Morgan fingerprint density at radius 1 is 1.12 bits per heavy atom. The number of thioether (sulfide) groups is 1. The monoisotopic (exact) mass is 467 g/mol. The average molecular weight is 468 g/mol. The highest BCUT2D eigenvalue weighted by Crippen LogP contribution is 2.33. The fourth-order valence-electron chi connectivity index (χ4n) is 3.90. The summed E-state index contributed by atoms with van der Waals surface area (Å²) < 4.78 is 5.44. The average Bonchev–Trinajstić information content (AvgIpc) is 3.01. The van der Waals surface area contributed by atoms with E-state index < -0.39 is 5.25 Å². The molecule has 2 aromatic rings. The highest BCUT2D eigenvalue weighted by molar-refractivity contribution is 8.15. The van der Waals surface area contributed by atoms with E-state index in [2.05, 4.69) is 11.4 Å². The molecule has 1 fully saturated rings. The minimum absolute atomic E-state index is 0.0729. The summed E-state index contributed by atoms with van der Waals surface area (Å²) in [5.41, 5.74) is 5.88. The molecule has 1 N–H and O–H groups in total. The number of para-hydroxylation sites is 1. The number of hydrogen-bond acceptors (Lipinski definition) is 5. The molecule has 1 atom stereocenters. The van der Waals surface area contributed by atoms with Crippen molar-refractivity contribution in [2.45, 2.75) is 52.7 Å². The third kappa shape index (κ3) is 6.68. The quantitative estimate of drug-likeness (QED) is 0.508. The molecule has 2 amide bonds. The smallest absolute Gasteiger partial charge is 0.242 e. The van der Waals surface area contributed by atoms with Crippen molar-refractivity contribution < 1.29 is 14.3 Å². The molecule has 3 rings (SSSR count). The zero-order valence-corrected chi connectivity index (χ0v) is 20.9. The maximum absolute atomic E-state index is 13.2. The number of hydrogen-bond donors (Lipinski definition) is 1. The lowest BCUT2D eigenvalue weighted by Gasteiger charge is -2.16. The first-order valence-electron chi connectivity index (χ1n) is 11.4. The third-order valence-corrected chi connectivity index (χ3v) is 6.62. The van der Waals surface area contributed by atoms with Gasteiger partial charge >= 0.3 is 0 Å². The number of amidine groups is 1. The van der Waals surface area contributed by atoms with Crippen molar-refractivity contribution in [1.82, 2.24) is 4.90 Å². The topological polar surface area (TPSA) is 71.0 Å². The van der Waals surface area contributed by atoms with E-state index in [0.29, 0.717) is 31.3 Å². The summed E-state index contributed by atoms with van der Waals surface area (Å²) in [5.74, 6) is -0.239. The van der Waals surface area contributed by atoms with Gasteiger partial charge in [-0.15, -0.1) is 0 Å². The Hall–Kier alpha value is -2.64. The summed E-state index contributed by atoms with van der Waals surface area (Å²) in [6.07, 6.45) is 0.818. The van der Waals surface area contributed by atoms with Gasteiger partial charge in [0, 0.05) is 31.9 Å². The van der Waals surface area contributed by atoms with Crippen molar-refractivity contribution in [3.63, 3.8) is 0 Å². The van der Waals surface area contributed by atoms with Gasteiger partial charge in [-0.2, -0.15) is 0 Å². The molecular formula is C26H33N3O3S. The molecule has 6 nitrogen and oxygen atoms in total. The summed E-state index contributed by atoms with van der Waals surface area (Å²) in [7, 11) is 0. The minimum atomic E-state index is -0.494. The molecule has 0 aliphatic carbocycles. The van der Waals surface area contributed by atoms with Crippen LogP contribution in [-0.2, 0) is 14.3 Å². The van der Waals surface area contributed by atoms with Gasteiger partial charge < -0.3 is 10.1 Å². The summed E-state index contributed by atoms with van der Waals surface area (Å²) in [6.45, 7) is 11.7. The standard InChI is InChI=1S/C26H33N3O3S/c1-6-32-12-8-11-29-25(31)22(16-23(30)28-24-19(4)9-7-10-20(24)5)33-26(29)27-21-14-17(2)13-18(3)15-21/h7,9-10,13-15,22H,6,8,11-12,16H2,1-5H3,(H,28,30). The molecule has 0 bridgehead atoms. The highest BCUT2D eigenvalue weighted by atomic mass is 32.2. The van der Waals surface area contributed by atoms with Crippen LogP contribution in [0.1, 0.15) is 42.0 Å². The van der Waals surface area contributed by atoms with E-state index >= 15 is 0 Å². The third-order valence-electron chi connectivity index (χ3n) is 5.44. The molecule has 2 aromatic carbocycles. The predicted octanol–water partition coefficient (Wildman–Crippen LogP) is 5.31. The van der Waals surface area contributed by atoms with Crippen molar-refractivity contribution in [2.75, 3.05) is 25.1 Å². The molecular weight excluding hydrogens is 434 g/mol. The molecule has 33 heavy (non-hydrogen) atoms. The number of benzene rings is 2. The highest BCUT2D eigenvalue weighted by Gasteiger charge is 2.39. The fraction of sp³-hybridized carbons (Fsp3) is 0.423. The van der Waals surface area contributed by atoms with Crippen molar-refractivity contribution >= 4 is 40.1 Å². The van der Waals surface area contributed by atoms with Crippen molar-refractivity contribution in [2.24, 2.45) is 4.99 Å². The van der Waals surface area contributed by atoms with Crippen LogP contribution < -0.4 is 5.32 Å². The van der Waals surface area contributed by atoms with Crippen LogP contribution in [0.4, 0.5) is 11.4 Å². The van der Waals surface area contributed by atoms with Crippen LogP contribution in [-0.4, -0.2) is 46.9 Å². The Kier molecular flexibility index (Phi) is 8.69. The van der Waals surface area contributed by atoms with E-state index in [-0.39, 0.29) is 18.2 Å². The molecule has 0 spiro atoms. The van der Waals surface area contributed by atoms with Crippen LogP contribution in [0.15, 0.2) is 41.4 Å². The first-order valence-corrected chi connectivity index (χ1v) is 12.2. The Labute approximate surface area is 200 Å². The Balaban J connectivity index is 1.77. The van der Waals surface area contributed by atoms with Gasteiger partial charge in [0.25, 0.3) is 0 Å². The number of rotatable bonds is 9. The van der Waals surface area contributed by atoms with Crippen molar-refractivity contribution in [3.8, 4) is 0 Å². The van der Waals surface area contributed by atoms with E-state index in [0.717, 1.165) is 33.6 Å². The van der Waals surface area contributed by atoms with Crippen LogP contribution >= 0.6 is 11.8 Å². The van der Waals surface area contributed by atoms with Gasteiger partial charge in [0.15, 0.2) is 5.17 Å². The Morgan fingerprint density at radius 3 is 2.42 bits per heavy atom. The van der Waals surface area contributed by atoms with Gasteiger partial charge in [-0.05, 0) is 75.4 Å². The van der Waals surface area contributed by atoms with Crippen LogP contribution in [0, 0.1) is 27.7 Å². The summed E-state index contributed by atoms with van der Waals surface area (Å²) in [4.78, 5) is 32.6. The maximum Gasteiger partial charge on any atom is 0.242 e. The largest absolute Gasteiger partial charge is 0.382 e. The van der Waals surface area contributed by atoms with Crippen LogP contribution in [0.3, 0.4) is 0 Å². The SMILES string of the molecule is CCOCCCN1C(=O)C(CC(=O)Nc2c(C)cccc2C)SC1=Nc1cc(C)cc(C)c1. The number of nitrogens with zero attached hydrogens (tertiary/aromatic N) is 2. The summed E-state index contributed by atoms with van der Waals surface area (Å²) >= 11 is 1.37. The molecule has 7 heteroatoms. The number of carbonyl (C=O) groups is 2. The predicted molar refractivity (Wildman–Crippen MR) is 136 cm³/mol. The molecule has 1 unspecified atom stereocenters. The molecule has 176 valence electrons. The number of carbonyl (C=O) groups excluding carboxylic acids is 2. The van der Waals surface area contributed by atoms with Gasteiger partial charge in [-0.25, -0.2) is 4.99 Å². The van der Waals surface area contributed by atoms with E-state index in [4.69, 9.17) is 9.73 Å². The second-order valence-electron chi connectivity index (χ2n) is 8.41. The first-order chi connectivity index (χ1) is 15.8. The van der Waals surface area contributed by atoms with Crippen LogP contribution in [0.5, 0.6) is 0 Å². The molecule has 1 heterocycles. The van der Waals surface area contributed by atoms with Crippen LogP contribution in [0.2, 0.25) is 0 Å². The van der Waals surface area contributed by atoms with Crippen molar-refractivity contribution in [3.05, 3.63) is 58.7 Å². The van der Waals surface area contributed by atoms with Gasteiger partial charge in [0.1, 0.15) is 5.25 Å². The molecule has 0 radical (unpaired) electrons. The molecule has 0 saturated carbocycles. The lowest BCUT2D eigenvalue weighted by atomic mass is 10.1. The number of aliphatic imine (C=N–C) groups is 1. The van der Waals surface area contributed by atoms with E-state index in [1.165, 1.54) is 11.8 Å². The molecule has 1 saturated heterocycles. The number of aryl methyl sites for hydroxylation is 4. The maximum atomic E-state index is 13.2. The number of nitrogens with one attached hydrogen (secondary N) is 1. The van der Waals surface area contributed by atoms with Gasteiger partial charge in [-0.1, -0.05) is 36.0 Å². The lowest BCUT2D eigenvalue weighted by Crippen LogP contribution is -2.34. The first kappa shape index (κ1) is 25.0. The normalized spacial score (nSPS) is 17.1. The van der Waals surface area contributed by atoms with Crippen molar-refractivity contribution in [1.29, 1.82) is 0 Å². The molecule has 1 aliphatic rings. The van der Waals surface area contributed by atoms with E-state index in [1.807, 2.05) is 65.0 Å². The zero-order valence-electron chi connectivity index (χ0n) is 20.1. The molecule has 0 aromatic heterocycles. The fourth-order valence-corrected chi connectivity index (χ4v) is 5.08. The van der Waals surface area contributed by atoms with Gasteiger partial charge in [0.05, 0.1) is 5.69 Å². The minimum Gasteiger partial charge on any atom is -0.382 e. The Bertz CT molecular complexity index is 1010. The summed E-state index contributed by atoms with van der Waals surface area (Å²) in [6, 6.07) is 12.0. The second-order valence-corrected chi connectivity index (χ2v) is 9.58. The second kappa shape index (κ2) is 11.5. The van der Waals surface area contributed by atoms with Crippen LogP contribution in [0.25, 0.3) is 0 Å². The number of anilines is 1. The van der Waals surface area contributed by atoms with E-state index in [1.54, 1.807) is 4.90 Å². The number of ether oxygens (including phenoxy) is 1. The van der Waals surface area contributed by atoms with Gasteiger partial charge in [0.2, 0.25) is 11.8 Å². The zero-order chi connectivity index (χ0) is 24.0. The molecule has 1 aliphatic heterocycles. The van der Waals surface area contributed by atoms with Gasteiger partial charge in [-0.3, -0.25) is 14.5 Å². The summed E-state index contributed by atoms with van der Waals surface area (Å²) in [5, 5.41) is 3.15. The lowest BCUT2D eigenvalue weighted by molar-refractivity contribution is -0.128.